The third-order valence-corrected chi connectivity index (χ3v) is 3.62. The van der Waals surface area contributed by atoms with Crippen molar-refractivity contribution in [3.63, 3.8) is 0 Å². The van der Waals surface area contributed by atoms with E-state index in [1.165, 1.54) is 0 Å². The number of unbranched alkanes of at least 4 members (excludes halogenated alkanes) is 1. The van der Waals surface area contributed by atoms with Gasteiger partial charge in [0.25, 0.3) is 5.91 Å². The van der Waals surface area contributed by atoms with E-state index < -0.39 is 0 Å². The number of para-hydroxylation sites is 1. The fourth-order valence-corrected chi connectivity index (χ4v) is 2.31. The zero-order valence-electron chi connectivity index (χ0n) is 13.8. The van der Waals surface area contributed by atoms with Crippen LogP contribution in [0.25, 0.3) is 0 Å². The number of benzene rings is 2. The van der Waals surface area contributed by atoms with Gasteiger partial charge < -0.3 is 14.8 Å². The Hall–Kier alpha value is -2.20. The predicted molar refractivity (Wildman–Crippen MR) is 96.1 cm³/mol. The molecule has 0 atom stereocenters. The lowest BCUT2D eigenvalue weighted by atomic mass is 10.2. The van der Waals surface area contributed by atoms with Crippen LogP contribution >= 0.6 is 11.6 Å². The molecule has 0 unspecified atom stereocenters. The lowest BCUT2D eigenvalue weighted by Crippen LogP contribution is -2.25. The van der Waals surface area contributed by atoms with Gasteiger partial charge in [-0.15, -0.1) is 0 Å². The second-order valence-electron chi connectivity index (χ2n) is 5.19. The van der Waals surface area contributed by atoms with E-state index in [-0.39, 0.29) is 5.91 Å². The molecule has 0 spiro atoms. The van der Waals surface area contributed by atoms with Crippen molar-refractivity contribution in [2.24, 2.45) is 0 Å². The largest absolute Gasteiger partial charge is 0.494 e. The molecule has 0 fully saturated rings. The molecule has 128 valence electrons. The van der Waals surface area contributed by atoms with Gasteiger partial charge in [-0.3, -0.25) is 4.79 Å². The Balaban J connectivity index is 1.67. The van der Waals surface area contributed by atoms with Crippen molar-refractivity contribution < 1.29 is 14.3 Å². The van der Waals surface area contributed by atoms with Crippen molar-refractivity contribution >= 4 is 17.5 Å². The maximum Gasteiger partial charge on any atom is 0.255 e. The first-order chi connectivity index (χ1) is 11.7. The van der Waals surface area contributed by atoms with Gasteiger partial charge in [-0.05, 0) is 56.2 Å². The highest BCUT2D eigenvalue weighted by Gasteiger charge is 2.10. The normalized spacial score (nSPS) is 10.2. The molecule has 5 heteroatoms. The van der Waals surface area contributed by atoms with Gasteiger partial charge in [-0.2, -0.15) is 0 Å². The molecular formula is C19H22ClNO3. The molecule has 2 rings (SSSR count). The molecular weight excluding hydrogens is 326 g/mol. The van der Waals surface area contributed by atoms with E-state index in [2.05, 4.69) is 5.32 Å². The fourth-order valence-electron chi connectivity index (χ4n) is 2.18. The number of carbonyl (C=O) groups is 1. The van der Waals surface area contributed by atoms with Gasteiger partial charge in [0, 0.05) is 11.6 Å². The smallest absolute Gasteiger partial charge is 0.255 e. The van der Waals surface area contributed by atoms with Crippen LogP contribution < -0.4 is 14.8 Å². The summed E-state index contributed by atoms with van der Waals surface area (Å²) < 4.78 is 11.1. The van der Waals surface area contributed by atoms with Gasteiger partial charge in [-0.25, -0.2) is 0 Å². The molecule has 2 aromatic rings. The van der Waals surface area contributed by atoms with E-state index >= 15 is 0 Å². The number of hydrogen-bond donors (Lipinski definition) is 1. The van der Waals surface area contributed by atoms with Gasteiger partial charge in [0.1, 0.15) is 11.5 Å². The van der Waals surface area contributed by atoms with Crippen molar-refractivity contribution in [2.75, 3.05) is 19.8 Å². The Morgan fingerprint density at radius 1 is 1.04 bits per heavy atom. The van der Waals surface area contributed by atoms with Crippen LogP contribution in [0.1, 0.15) is 30.1 Å². The number of halogens is 1. The number of rotatable bonds is 9. The number of ether oxygens (including phenoxy) is 2. The van der Waals surface area contributed by atoms with Gasteiger partial charge >= 0.3 is 0 Å². The lowest BCUT2D eigenvalue weighted by molar-refractivity contribution is 0.0948. The van der Waals surface area contributed by atoms with Crippen LogP contribution in [0.15, 0.2) is 48.5 Å². The molecule has 0 radical (unpaired) electrons. The standard InChI is InChI=1S/C19H22ClNO3/c1-2-23-18-8-4-3-7-17(18)19(22)21-13-5-6-14-24-16-11-9-15(20)10-12-16/h3-4,7-12H,2,5-6,13-14H2,1H3,(H,21,22). The van der Waals surface area contributed by atoms with Crippen molar-refractivity contribution in [3.8, 4) is 11.5 Å². The molecule has 2 aromatic carbocycles. The zero-order valence-corrected chi connectivity index (χ0v) is 14.5. The monoisotopic (exact) mass is 347 g/mol. The second kappa shape index (κ2) is 9.83. The van der Waals surface area contributed by atoms with Crippen LogP contribution in [-0.2, 0) is 0 Å². The molecule has 0 saturated heterocycles. The summed E-state index contributed by atoms with van der Waals surface area (Å²) in [5.41, 5.74) is 0.566. The summed E-state index contributed by atoms with van der Waals surface area (Å²) in [5.74, 6) is 1.30. The predicted octanol–water partition coefficient (Wildman–Crippen LogP) is 4.33. The average molecular weight is 348 g/mol. The van der Waals surface area contributed by atoms with Crippen molar-refractivity contribution in [2.45, 2.75) is 19.8 Å². The minimum atomic E-state index is -0.113. The molecule has 0 aromatic heterocycles. The van der Waals surface area contributed by atoms with Crippen LogP contribution in [0.5, 0.6) is 11.5 Å². The summed E-state index contributed by atoms with van der Waals surface area (Å²) in [6.07, 6.45) is 1.70. The summed E-state index contributed by atoms with van der Waals surface area (Å²) in [6.45, 7) is 3.64. The first-order valence-electron chi connectivity index (χ1n) is 8.09. The fraction of sp³-hybridized carbons (Fsp3) is 0.316. The Morgan fingerprint density at radius 2 is 1.79 bits per heavy atom. The average Bonchev–Trinajstić information content (AvgIpc) is 2.60. The molecule has 1 N–H and O–H groups in total. The van der Waals surface area contributed by atoms with Crippen LogP contribution in [0.4, 0.5) is 0 Å². The number of amides is 1. The minimum Gasteiger partial charge on any atom is -0.494 e. The highest BCUT2D eigenvalue weighted by atomic mass is 35.5. The van der Waals surface area contributed by atoms with Crippen LogP contribution in [0.3, 0.4) is 0 Å². The van der Waals surface area contributed by atoms with E-state index in [1.54, 1.807) is 24.3 Å². The third kappa shape index (κ3) is 5.78. The van der Waals surface area contributed by atoms with E-state index in [9.17, 15) is 4.79 Å². The van der Waals surface area contributed by atoms with Crippen LogP contribution in [0.2, 0.25) is 5.02 Å². The molecule has 4 nitrogen and oxygen atoms in total. The lowest BCUT2D eigenvalue weighted by Gasteiger charge is -2.10. The topological polar surface area (TPSA) is 47.6 Å². The molecule has 0 aliphatic carbocycles. The molecule has 0 aliphatic rings. The Labute approximate surface area is 147 Å². The maximum absolute atomic E-state index is 12.2. The number of hydrogen-bond acceptors (Lipinski definition) is 3. The van der Waals surface area contributed by atoms with Gasteiger partial charge in [0.2, 0.25) is 0 Å². The molecule has 0 saturated carbocycles. The second-order valence-corrected chi connectivity index (χ2v) is 5.63. The maximum atomic E-state index is 12.2. The Bertz CT molecular complexity index is 643. The number of nitrogens with one attached hydrogen (secondary N) is 1. The van der Waals surface area contributed by atoms with E-state index in [0.29, 0.717) is 36.1 Å². The molecule has 0 heterocycles. The summed E-state index contributed by atoms with van der Waals surface area (Å²) in [7, 11) is 0. The Kier molecular flexibility index (Phi) is 7.43. The van der Waals surface area contributed by atoms with E-state index in [1.807, 2.05) is 31.2 Å². The summed E-state index contributed by atoms with van der Waals surface area (Å²) in [5, 5.41) is 3.60. The van der Waals surface area contributed by atoms with Gasteiger partial charge in [0.15, 0.2) is 0 Å². The van der Waals surface area contributed by atoms with Crippen LogP contribution in [-0.4, -0.2) is 25.7 Å². The molecule has 0 aliphatic heterocycles. The third-order valence-electron chi connectivity index (χ3n) is 3.37. The van der Waals surface area contributed by atoms with Crippen molar-refractivity contribution in [1.82, 2.24) is 5.32 Å². The minimum absolute atomic E-state index is 0.113. The zero-order chi connectivity index (χ0) is 17.2. The van der Waals surface area contributed by atoms with Crippen LogP contribution in [0, 0.1) is 0 Å². The summed E-state index contributed by atoms with van der Waals surface area (Å²) in [6, 6.07) is 14.5. The van der Waals surface area contributed by atoms with Gasteiger partial charge in [0.05, 0.1) is 18.8 Å². The first kappa shape index (κ1) is 18.1. The summed E-state index contributed by atoms with van der Waals surface area (Å²) in [4.78, 5) is 12.2. The Morgan fingerprint density at radius 3 is 2.54 bits per heavy atom. The van der Waals surface area contributed by atoms with Gasteiger partial charge in [-0.1, -0.05) is 23.7 Å². The molecule has 24 heavy (non-hydrogen) atoms. The quantitative estimate of drug-likeness (QED) is 0.687. The first-order valence-corrected chi connectivity index (χ1v) is 8.47. The van der Waals surface area contributed by atoms with E-state index in [0.717, 1.165) is 18.6 Å². The highest BCUT2D eigenvalue weighted by Crippen LogP contribution is 2.18. The highest BCUT2D eigenvalue weighted by molar-refractivity contribution is 6.30. The SMILES string of the molecule is CCOc1ccccc1C(=O)NCCCCOc1ccc(Cl)cc1. The number of carbonyl (C=O) groups excluding carboxylic acids is 1. The molecule has 0 bridgehead atoms. The van der Waals surface area contributed by atoms with Crippen molar-refractivity contribution in [3.05, 3.63) is 59.1 Å². The summed E-state index contributed by atoms with van der Waals surface area (Å²) >= 11 is 5.82. The molecule has 1 amide bonds. The van der Waals surface area contributed by atoms with E-state index in [4.69, 9.17) is 21.1 Å². The van der Waals surface area contributed by atoms with Crippen molar-refractivity contribution in [1.29, 1.82) is 0 Å².